The second-order valence-corrected chi connectivity index (χ2v) is 30.5. The summed E-state index contributed by atoms with van der Waals surface area (Å²) in [4.78, 5) is 72.7. The van der Waals surface area contributed by atoms with Gasteiger partial charge in [-0.3, -0.25) is 37.3 Å². The van der Waals surface area contributed by atoms with E-state index < -0.39 is 97.5 Å². The average molecular weight is 1370 g/mol. The summed E-state index contributed by atoms with van der Waals surface area (Å²) in [5, 5.41) is 10.6. The fourth-order valence-corrected chi connectivity index (χ4v) is 12.9. The molecule has 0 aromatic rings. The van der Waals surface area contributed by atoms with Gasteiger partial charge in [0.05, 0.1) is 26.4 Å². The predicted molar refractivity (Wildman–Crippen MR) is 377 cm³/mol. The van der Waals surface area contributed by atoms with Crippen molar-refractivity contribution in [3.05, 3.63) is 0 Å². The zero-order valence-electron chi connectivity index (χ0n) is 60.6. The molecule has 0 spiro atoms. The molecule has 0 aromatic carbocycles. The lowest BCUT2D eigenvalue weighted by atomic mass is 10.0. The minimum Gasteiger partial charge on any atom is -0.462 e. The van der Waals surface area contributed by atoms with E-state index in [0.717, 1.165) is 102 Å². The second kappa shape index (κ2) is 66.0. The van der Waals surface area contributed by atoms with Crippen molar-refractivity contribution in [2.24, 2.45) is 11.8 Å². The lowest BCUT2D eigenvalue weighted by Crippen LogP contribution is -2.30. The van der Waals surface area contributed by atoms with Crippen LogP contribution in [0, 0.1) is 11.8 Å². The number of aliphatic hydroxyl groups is 1. The number of phosphoric ester groups is 2. The number of unbranched alkanes of at least 4 members (excludes halogenated alkanes) is 43. The van der Waals surface area contributed by atoms with Gasteiger partial charge in [0.25, 0.3) is 0 Å². The topological polar surface area (TPSA) is 237 Å². The van der Waals surface area contributed by atoms with Crippen LogP contribution in [0.5, 0.6) is 0 Å². The zero-order chi connectivity index (χ0) is 68.6. The second-order valence-electron chi connectivity index (χ2n) is 27.6. The molecule has 0 aromatic heterocycles. The first-order valence-electron chi connectivity index (χ1n) is 38.5. The van der Waals surface area contributed by atoms with Gasteiger partial charge in [-0.1, -0.05) is 330 Å². The summed E-state index contributed by atoms with van der Waals surface area (Å²) >= 11 is 0. The molecule has 0 radical (unpaired) electrons. The number of hydrogen-bond acceptors (Lipinski definition) is 15. The monoisotopic (exact) mass is 1370 g/mol. The first-order chi connectivity index (χ1) is 44.9. The van der Waals surface area contributed by atoms with Crippen LogP contribution < -0.4 is 0 Å². The van der Waals surface area contributed by atoms with Crippen LogP contribution in [-0.2, 0) is 65.4 Å². The normalized spacial score (nSPS) is 14.1. The summed E-state index contributed by atoms with van der Waals surface area (Å²) in [6.45, 7) is 9.60. The first kappa shape index (κ1) is 91.1. The Morgan fingerprint density at radius 1 is 0.290 bits per heavy atom. The summed E-state index contributed by atoms with van der Waals surface area (Å²) in [6.07, 6.45) is 52.5. The SMILES string of the molecule is CCCCCCCCCCCCCC(=O)OC[C@H](COP(=O)(O)OC[C@H](O)COP(=O)(O)OC[C@@H](COC(=O)CCCCCCCCCCCCCC(C)C)OC(=O)CCCCCCCCCCCCCCCCC(C)C)OC(=O)CCCCCCCCCCCCC. The first-order valence-corrected chi connectivity index (χ1v) is 41.5. The lowest BCUT2D eigenvalue weighted by Gasteiger charge is -2.21. The number of hydrogen-bond donors (Lipinski definition) is 3. The highest BCUT2D eigenvalue weighted by Crippen LogP contribution is 2.45. The van der Waals surface area contributed by atoms with E-state index in [1.54, 1.807) is 0 Å². The fourth-order valence-electron chi connectivity index (χ4n) is 11.3. The van der Waals surface area contributed by atoms with Gasteiger partial charge in [0.15, 0.2) is 12.2 Å². The van der Waals surface area contributed by atoms with Crippen molar-refractivity contribution in [2.75, 3.05) is 39.6 Å². The molecule has 552 valence electrons. The average Bonchev–Trinajstić information content (AvgIpc) is 3.55. The number of aliphatic hydroxyl groups excluding tert-OH is 1. The molecule has 0 saturated carbocycles. The number of carbonyl (C=O) groups is 4. The van der Waals surface area contributed by atoms with Gasteiger partial charge in [-0.2, -0.15) is 0 Å². The van der Waals surface area contributed by atoms with Gasteiger partial charge in [-0.15, -0.1) is 0 Å². The van der Waals surface area contributed by atoms with E-state index in [-0.39, 0.29) is 25.7 Å². The maximum Gasteiger partial charge on any atom is 0.472 e. The molecule has 5 atom stereocenters. The highest BCUT2D eigenvalue weighted by atomic mass is 31.2. The van der Waals surface area contributed by atoms with Crippen molar-refractivity contribution >= 4 is 39.5 Å². The van der Waals surface area contributed by atoms with Gasteiger partial charge >= 0.3 is 39.5 Å². The molecular weight excluding hydrogens is 1220 g/mol. The molecule has 0 saturated heterocycles. The third-order valence-corrected chi connectivity index (χ3v) is 19.1. The van der Waals surface area contributed by atoms with Crippen LogP contribution in [0.25, 0.3) is 0 Å². The van der Waals surface area contributed by atoms with Crippen molar-refractivity contribution in [3.63, 3.8) is 0 Å². The molecule has 0 aliphatic rings. The van der Waals surface area contributed by atoms with E-state index >= 15 is 0 Å². The number of rotatable bonds is 73. The van der Waals surface area contributed by atoms with Crippen molar-refractivity contribution in [2.45, 2.75) is 400 Å². The quantitative estimate of drug-likeness (QED) is 0.0222. The van der Waals surface area contributed by atoms with Crippen molar-refractivity contribution in [1.82, 2.24) is 0 Å². The predicted octanol–water partition coefficient (Wildman–Crippen LogP) is 21.6. The lowest BCUT2D eigenvalue weighted by molar-refractivity contribution is -0.161. The molecule has 17 nitrogen and oxygen atoms in total. The Balaban J connectivity index is 5.24. The van der Waals surface area contributed by atoms with E-state index in [9.17, 15) is 43.2 Å². The van der Waals surface area contributed by atoms with E-state index in [0.29, 0.717) is 25.7 Å². The summed E-state index contributed by atoms with van der Waals surface area (Å²) in [7, 11) is -9.91. The molecule has 0 amide bonds. The van der Waals surface area contributed by atoms with Gasteiger partial charge in [-0.05, 0) is 37.5 Å². The molecule has 19 heteroatoms. The number of ether oxygens (including phenoxy) is 4. The highest BCUT2D eigenvalue weighted by Gasteiger charge is 2.30. The summed E-state index contributed by atoms with van der Waals surface area (Å²) in [5.41, 5.74) is 0. The van der Waals surface area contributed by atoms with E-state index in [2.05, 4.69) is 41.5 Å². The Labute approximate surface area is 568 Å². The van der Waals surface area contributed by atoms with Crippen LogP contribution >= 0.6 is 15.6 Å². The summed E-state index contributed by atoms with van der Waals surface area (Å²) in [6, 6.07) is 0. The molecular formula is C74H144O17P2. The van der Waals surface area contributed by atoms with Crippen molar-refractivity contribution in [3.8, 4) is 0 Å². The van der Waals surface area contributed by atoms with Gasteiger partial charge in [-0.25, -0.2) is 9.13 Å². The number of phosphoric acid groups is 2. The smallest absolute Gasteiger partial charge is 0.462 e. The Morgan fingerprint density at radius 2 is 0.495 bits per heavy atom. The van der Waals surface area contributed by atoms with E-state index in [1.807, 2.05) is 0 Å². The zero-order valence-corrected chi connectivity index (χ0v) is 62.3. The Morgan fingerprint density at radius 3 is 0.731 bits per heavy atom. The minimum absolute atomic E-state index is 0.107. The number of esters is 4. The molecule has 3 N–H and O–H groups in total. The third kappa shape index (κ3) is 68.4. The maximum atomic E-state index is 13.1. The molecule has 2 unspecified atom stereocenters. The standard InChI is InChI=1S/C74H144O17P2/c1-7-9-11-13-15-17-24-32-38-44-50-56-71(76)84-62-69(90-73(78)58-52-46-40-34-25-18-16-14-12-10-8-2)64-88-92(80,81)86-60-68(75)61-87-93(82,83)89-65-70(63-85-72(77)57-51-45-39-33-29-23-27-31-37-43-49-55-67(5)6)91-74(79)59-53-47-41-35-28-22-20-19-21-26-30-36-42-48-54-66(3)4/h66-70,75H,7-65H2,1-6H3,(H,80,81)(H,82,83)/t68-,69+,70+/m0/s1. The summed E-state index contributed by atoms with van der Waals surface area (Å²) in [5.74, 6) is -0.550. The largest absolute Gasteiger partial charge is 0.472 e. The van der Waals surface area contributed by atoms with Crippen LogP contribution in [0.1, 0.15) is 382 Å². The molecule has 0 aliphatic heterocycles. The third-order valence-electron chi connectivity index (χ3n) is 17.2. The van der Waals surface area contributed by atoms with Gasteiger partial charge in [0.1, 0.15) is 19.3 Å². The highest BCUT2D eigenvalue weighted by molar-refractivity contribution is 7.47. The molecule has 0 rings (SSSR count). The van der Waals surface area contributed by atoms with E-state index in [4.69, 9.17) is 37.0 Å². The van der Waals surface area contributed by atoms with Crippen LogP contribution in [0.4, 0.5) is 0 Å². The van der Waals surface area contributed by atoms with Crippen LogP contribution in [0.2, 0.25) is 0 Å². The number of carbonyl (C=O) groups excluding carboxylic acids is 4. The van der Waals surface area contributed by atoms with Crippen LogP contribution in [0.15, 0.2) is 0 Å². The van der Waals surface area contributed by atoms with Gasteiger partial charge in [0, 0.05) is 25.7 Å². The van der Waals surface area contributed by atoms with Gasteiger partial charge in [0.2, 0.25) is 0 Å². The molecule has 0 bridgehead atoms. The summed E-state index contributed by atoms with van der Waals surface area (Å²) < 4.78 is 68.4. The van der Waals surface area contributed by atoms with Gasteiger partial charge < -0.3 is 33.8 Å². The van der Waals surface area contributed by atoms with Crippen molar-refractivity contribution in [1.29, 1.82) is 0 Å². The molecule has 0 heterocycles. The van der Waals surface area contributed by atoms with Crippen LogP contribution in [-0.4, -0.2) is 96.7 Å². The minimum atomic E-state index is -4.96. The van der Waals surface area contributed by atoms with Crippen LogP contribution in [0.3, 0.4) is 0 Å². The molecule has 0 fully saturated rings. The molecule has 93 heavy (non-hydrogen) atoms. The van der Waals surface area contributed by atoms with Crippen molar-refractivity contribution < 1.29 is 80.2 Å². The van der Waals surface area contributed by atoms with E-state index in [1.165, 1.54) is 199 Å². The Kier molecular flexibility index (Phi) is 64.6. The molecule has 0 aliphatic carbocycles. The Bertz CT molecular complexity index is 1800. The Hall–Kier alpha value is -1.94. The maximum absolute atomic E-state index is 13.1. The fraction of sp³-hybridized carbons (Fsp3) is 0.946.